The molecular weight excluding hydrogens is 200 g/mol. The molecule has 0 amide bonds. The Balaban J connectivity index is 0. The van der Waals surface area contributed by atoms with Crippen LogP contribution >= 0.6 is 12.4 Å². The molecule has 0 aliphatic rings. The van der Waals surface area contributed by atoms with Gasteiger partial charge in [-0.15, -0.1) is 12.4 Å². The molecule has 0 saturated heterocycles. The molecule has 0 spiro atoms. The van der Waals surface area contributed by atoms with Gasteiger partial charge < -0.3 is 10.2 Å². The molecule has 2 aromatic rings. The van der Waals surface area contributed by atoms with Crippen molar-refractivity contribution < 1.29 is 5.21 Å². The highest BCUT2D eigenvalue weighted by Crippen LogP contribution is 1.79. The summed E-state index contributed by atoms with van der Waals surface area (Å²) in [6.45, 7) is 0. The van der Waals surface area contributed by atoms with Crippen molar-refractivity contribution in [1.82, 2.24) is 4.98 Å². The minimum atomic E-state index is 0. The number of aromatic amines is 1. The summed E-state index contributed by atoms with van der Waals surface area (Å²) >= 11 is 0. The third kappa shape index (κ3) is 10.7. The Kier molecular flexibility index (Phi) is 15.5. The van der Waals surface area contributed by atoms with Gasteiger partial charge in [0.25, 0.3) is 0 Å². The number of halogens is 1. The van der Waals surface area contributed by atoms with E-state index in [1.54, 1.807) is 0 Å². The van der Waals surface area contributed by atoms with Crippen molar-refractivity contribution in [2.24, 2.45) is 5.90 Å². The Morgan fingerprint density at radius 2 is 0.929 bits per heavy atom. The number of H-pyrrole nitrogens is 1. The quantitative estimate of drug-likeness (QED) is 0.590. The second kappa shape index (κ2) is 14.2. The van der Waals surface area contributed by atoms with Gasteiger partial charge in [-0.3, -0.25) is 0 Å². The van der Waals surface area contributed by atoms with Gasteiger partial charge in [0.1, 0.15) is 0 Å². The van der Waals surface area contributed by atoms with Crippen LogP contribution in [0.2, 0.25) is 0 Å². The van der Waals surface area contributed by atoms with Crippen molar-refractivity contribution in [3.8, 4) is 0 Å². The molecule has 0 aliphatic carbocycles. The van der Waals surface area contributed by atoms with Crippen LogP contribution < -0.4 is 5.90 Å². The van der Waals surface area contributed by atoms with Crippen LogP contribution in [0.5, 0.6) is 0 Å². The van der Waals surface area contributed by atoms with Crippen molar-refractivity contribution >= 4 is 12.4 Å². The zero-order chi connectivity index (χ0) is 9.78. The Hall–Kier alpha value is -1.29. The number of benzene rings is 1. The zero-order valence-electron chi connectivity index (χ0n) is 7.71. The van der Waals surface area contributed by atoms with Crippen molar-refractivity contribution in [3.63, 3.8) is 0 Å². The fourth-order valence-electron chi connectivity index (χ4n) is 0.663. The lowest BCUT2D eigenvalue weighted by Gasteiger charge is -1.69. The largest absolute Gasteiger partial charge is 0.368 e. The van der Waals surface area contributed by atoms with Gasteiger partial charge in [-0.25, -0.2) is 5.90 Å². The van der Waals surface area contributed by atoms with Gasteiger partial charge in [0.2, 0.25) is 0 Å². The molecule has 1 aromatic heterocycles. The highest BCUT2D eigenvalue weighted by Gasteiger charge is 1.58. The van der Waals surface area contributed by atoms with Gasteiger partial charge in [-0.2, -0.15) is 0 Å². The Bertz CT molecular complexity index is 204. The second-order valence-corrected chi connectivity index (χ2v) is 2.04. The molecule has 0 atom stereocenters. The lowest BCUT2D eigenvalue weighted by Crippen LogP contribution is -1.72. The molecule has 4 N–H and O–H groups in total. The third-order valence-electron chi connectivity index (χ3n) is 1.16. The minimum Gasteiger partial charge on any atom is -0.368 e. The van der Waals surface area contributed by atoms with Crippen molar-refractivity contribution in [2.75, 3.05) is 0 Å². The van der Waals surface area contributed by atoms with Gasteiger partial charge in [-0.1, -0.05) is 36.4 Å². The summed E-state index contributed by atoms with van der Waals surface area (Å²) in [6.07, 6.45) is 3.75. The summed E-state index contributed by atoms with van der Waals surface area (Å²) in [4.78, 5) is 2.86. The minimum absolute atomic E-state index is 0. The fourth-order valence-corrected chi connectivity index (χ4v) is 0.663. The standard InChI is InChI=1S/C6H6.C4H5N.ClH.H3NO/c1-2-4-6-5-3-1;1-2-4-5-3-1;;1-2/h1-6H;1-5H;1H;2H,1H2. The first-order valence-electron chi connectivity index (χ1n) is 3.84. The van der Waals surface area contributed by atoms with Crippen LogP contribution in [0.4, 0.5) is 0 Å². The van der Waals surface area contributed by atoms with Gasteiger partial charge in [-0.05, 0) is 12.1 Å². The number of nitrogens with one attached hydrogen (secondary N) is 1. The molecule has 1 heterocycles. The molecule has 0 radical (unpaired) electrons. The molecule has 0 saturated carbocycles. The summed E-state index contributed by atoms with van der Waals surface area (Å²) in [5, 5.41) is 6.50. The van der Waals surface area contributed by atoms with E-state index in [1.807, 2.05) is 60.9 Å². The van der Waals surface area contributed by atoms with E-state index in [9.17, 15) is 0 Å². The van der Waals surface area contributed by atoms with E-state index in [4.69, 9.17) is 5.21 Å². The van der Waals surface area contributed by atoms with Crippen LogP contribution in [0.3, 0.4) is 0 Å². The Morgan fingerprint density at radius 1 is 0.643 bits per heavy atom. The first-order chi connectivity index (χ1) is 6.50. The van der Waals surface area contributed by atoms with Crippen LogP contribution in [0.25, 0.3) is 0 Å². The molecule has 0 bridgehead atoms. The molecule has 4 heteroatoms. The molecule has 2 rings (SSSR count). The summed E-state index contributed by atoms with van der Waals surface area (Å²) in [6, 6.07) is 15.9. The van der Waals surface area contributed by atoms with E-state index < -0.39 is 0 Å². The van der Waals surface area contributed by atoms with E-state index in [0.717, 1.165) is 0 Å². The lowest BCUT2D eigenvalue weighted by molar-refractivity contribution is 0.311. The molecule has 1 aromatic carbocycles. The number of hydrogen-bond donors (Lipinski definition) is 3. The topological polar surface area (TPSA) is 62.0 Å². The fraction of sp³-hybridized carbons (Fsp3) is 0. The SMILES string of the molecule is Cl.NO.c1cc[nH]c1.c1ccccc1. The monoisotopic (exact) mass is 214 g/mol. The van der Waals surface area contributed by atoms with Crippen LogP contribution in [-0.2, 0) is 0 Å². The average molecular weight is 215 g/mol. The maximum absolute atomic E-state index is 6.50. The van der Waals surface area contributed by atoms with E-state index in [2.05, 4.69) is 10.9 Å². The number of rotatable bonds is 0. The van der Waals surface area contributed by atoms with Crippen LogP contribution in [0, 0.1) is 0 Å². The molecule has 0 aliphatic heterocycles. The molecule has 78 valence electrons. The van der Waals surface area contributed by atoms with E-state index in [0.29, 0.717) is 0 Å². The molecule has 3 nitrogen and oxygen atoms in total. The number of nitrogens with two attached hydrogens (primary N) is 1. The highest BCUT2D eigenvalue weighted by molar-refractivity contribution is 5.85. The van der Waals surface area contributed by atoms with Gasteiger partial charge in [0.05, 0.1) is 0 Å². The first-order valence-corrected chi connectivity index (χ1v) is 3.84. The van der Waals surface area contributed by atoms with E-state index in [-0.39, 0.29) is 12.4 Å². The Morgan fingerprint density at radius 3 is 1.07 bits per heavy atom. The normalized spacial score (nSPS) is 6.71. The van der Waals surface area contributed by atoms with Crippen molar-refractivity contribution in [2.45, 2.75) is 0 Å². The van der Waals surface area contributed by atoms with Gasteiger partial charge in [0, 0.05) is 12.4 Å². The smallest absolute Gasteiger partial charge is 0.000496 e. The molecule has 0 unspecified atom stereocenters. The molecule has 14 heavy (non-hydrogen) atoms. The Labute approximate surface area is 90.0 Å². The van der Waals surface area contributed by atoms with Crippen LogP contribution in [-0.4, -0.2) is 10.2 Å². The van der Waals surface area contributed by atoms with Crippen molar-refractivity contribution in [1.29, 1.82) is 0 Å². The van der Waals surface area contributed by atoms with Crippen LogP contribution in [0.15, 0.2) is 60.9 Å². The second-order valence-electron chi connectivity index (χ2n) is 2.04. The molecule has 0 fully saturated rings. The highest BCUT2D eigenvalue weighted by atomic mass is 35.5. The van der Waals surface area contributed by atoms with Crippen molar-refractivity contribution in [3.05, 3.63) is 60.9 Å². The van der Waals surface area contributed by atoms with E-state index in [1.165, 1.54) is 0 Å². The predicted octanol–water partition coefficient (Wildman–Crippen LogP) is 2.46. The molecular formula is C10H15ClN2O. The lowest BCUT2D eigenvalue weighted by atomic mass is 10.4. The van der Waals surface area contributed by atoms with E-state index >= 15 is 0 Å². The maximum Gasteiger partial charge on any atom is 0.000496 e. The van der Waals surface area contributed by atoms with Gasteiger partial charge >= 0.3 is 0 Å². The third-order valence-corrected chi connectivity index (χ3v) is 1.16. The summed E-state index contributed by atoms with van der Waals surface area (Å²) in [7, 11) is 0. The summed E-state index contributed by atoms with van der Waals surface area (Å²) < 4.78 is 0. The first kappa shape index (κ1) is 15.2. The average Bonchev–Trinajstić information content (AvgIpc) is 2.82. The predicted molar refractivity (Wildman–Crippen MR) is 60.5 cm³/mol. The number of aromatic nitrogens is 1. The summed E-state index contributed by atoms with van der Waals surface area (Å²) in [5.74, 6) is 3.50. The number of hydrogen-bond acceptors (Lipinski definition) is 2. The summed E-state index contributed by atoms with van der Waals surface area (Å²) in [5.41, 5.74) is 0. The van der Waals surface area contributed by atoms with Crippen LogP contribution in [0.1, 0.15) is 0 Å². The maximum atomic E-state index is 6.50. The van der Waals surface area contributed by atoms with Gasteiger partial charge in [0.15, 0.2) is 0 Å². The zero-order valence-corrected chi connectivity index (χ0v) is 8.52.